The van der Waals surface area contributed by atoms with Crippen LogP contribution < -0.4 is 10.1 Å². The first-order chi connectivity index (χ1) is 10.2. The van der Waals surface area contributed by atoms with Crippen molar-refractivity contribution < 1.29 is 9.47 Å². The first-order valence-corrected chi connectivity index (χ1v) is 8.79. The fraction of sp³-hybridized carbons (Fsp3) is 0.625. The van der Waals surface area contributed by atoms with Crippen LogP contribution in [-0.4, -0.2) is 31.4 Å². The van der Waals surface area contributed by atoms with Gasteiger partial charge in [0.1, 0.15) is 18.0 Å². The molecule has 0 radical (unpaired) electrons. The first kappa shape index (κ1) is 17.1. The minimum atomic E-state index is 0.0673. The van der Waals surface area contributed by atoms with E-state index in [-0.39, 0.29) is 12.2 Å². The Balaban J connectivity index is 1.96. The van der Waals surface area contributed by atoms with E-state index < -0.39 is 0 Å². The van der Waals surface area contributed by atoms with Crippen molar-refractivity contribution in [3.8, 4) is 5.75 Å². The van der Waals surface area contributed by atoms with E-state index >= 15 is 0 Å². The molecule has 2 rings (SSSR count). The van der Waals surface area contributed by atoms with Crippen LogP contribution in [0.25, 0.3) is 0 Å². The van der Waals surface area contributed by atoms with Gasteiger partial charge in [-0.2, -0.15) is 0 Å². The fourth-order valence-electron chi connectivity index (χ4n) is 2.43. The van der Waals surface area contributed by atoms with E-state index in [1.165, 1.54) is 0 Å². The van der Waals surface area contributed by atoms with E-state index in [1.807, 2.05) is 18.2 Å². The molecule has 0 saturated heterocycles. The average molecular weight is 377 g/mol. The molecule has 1 saturated carbocycles. The summed E-state index contributed by atoms with van der Waals surface area (Å²) in [6.45, 7) is 6.07. The number of ether oxygens (including phenoxy) is 2. The zero-order valence-corrected chi connectivity index (χ0v) is 14.9. The molecule has 1 N–H and O–H groups in total. The maximum absolute atomic E-state index is 6.19. The molecule has 5 heteroatoms. The molecule has 1 fully saturated rings. The second-order valence-corrected chi connectivity index (χ2v) is 6.69. The lowest BCUT2D eigenvalue weighted by Gasteiger charge is -2.44. The third-order valence-electron chi connectivity index (χ3n) is 3.59. The van der Waals surface area contributed by atoms with Crippen molar-refractivity contribution in [1.29, 1.82) is 0 Å². The Bertz CT molecular complexity index is 458. The Labute approximate surface area is 140 Å². The van der Waals surface area contributed by atoms with Crippen LogP contribution in [0.2, 0.25) is 5.02 Å². The van der Waals surface area contributed by atoms with Crippen LogP contribution in [0.5, 0.6) is 5.75 Å². The third-order valence-corrected chi connectivity index (χ3v) is 4.40. The van der Waals surface area contributed by atoms with E-state index in [4.69, 9.17) is 21.1 Å². The van der Waals surface area contributed by atoms with Gasteiger partial charge in [-0.05, 0) is 37.6 Å². The van der Waals surface area contributed by atoms with Crippen LogP contribution in [0.3, 0.4) is 0 Å². The molecule has 1 aliphatic carbocycles. The summed E-state index contributed by atoms with van der Waals surface area (Å²) < 4.78 is 13.0. The molecule has 0 bridgehead atoms. The molecule has 1 aromatic rings. The summed E-state index contributed by atoms with van der Waals surface area (Å²) in [5.41, 5.74) is 0. The summed E-state index contributed by atoms with van der Waals surface area (Å²) >= 11 is 9.64. The highest BCUT2D eigenvalue weighted by atomic mass is 79.9. The Morgan fingerprint density at radius 3 is 2.86 bits per heavy atom. The van der Waals surface area contributed by atoms with Gasteiger partial charge in [0.2, 0.25) is 0 Å². The normalized spacial score (nSPS) is 24.7. The molecule has 1 aromatic carbocycles. The quantitative estimate of drug-likeness (QED) is 0.728. The number of rotatable bonds is 8. The van der Waals surface area contributed by atoms with Crippen molar-refractivity contribution in [3.63, 3.8) is 0 Å². The third kappa shape index (κ3) is 4.59. The molecule has 3 unspecified atom stereocenters. The molecule has 0 aliphatic heterocycles. The predicted octanol–water partition coefficient (Wildman–Crippen LogP) is 4.42. The van der Waals surface area contributed by atoms with Gasteiger partial charge in [0, 0.05) is 23.5 Å². The monoisotopic (exact) mass is 375 g/mol. The Morgan fingerprint density at radius 1 is 1.33 bits per heavy atom. The standard InChI is InChI=1S/C16H23BrClNO2/c1-3-7-19-13-10-15(16(13)20-8-4-2)21-14-9-11(17)5-6-12(14)18/h5-6,9,13,15-16,19H,3-4,7-8,10H2,1-2H3. The van der Waals surface area contributed by atoms with Gasteiger partial charge in [-0.25, -0.2) is 0 Å². The van der Waals surface area contributed by atoms with Crippen molar-refractivity contribution in [2.24, 2.45) is 0 Å². The molecule has 3 atom stereocenters. The summed E-state index contributed by atoms with van der Waals surface area (Å²) in [5, 5.41) is 4.16. The molecule has 1 aliphatic rings. The van der Waals surface area contributed by atoms with Gasteiger partial charge in [-0.1, -0.05) is 41.4 Å². The number of halogens is 2. The van der Waals surface area contributed by atoms with E-state index in [1.54, 1.807) is 0 Å². The van der Waals surface area contributed by atoms with Crippen molar-refractivity contribution in [2.45, 2.75) is 51.4 Å². The molecule has 0 heterocycles. The Morgan fingerprint density at radius 2 is 2.14 bits per heavy atom. The zero-order valence-electron chi connectivity index (χ0n) is 12.6. The molecule has 0 spiro atoms. The molecule has 0 amide bonds. The highest BCUT2D eigenvalue weighted by Crippen LogP contribution is 2.34. The van der Waals surface area contributed by atoms with Crippen molar-refractivity contribution >= 4 is 27.5 Å². The van der Waals surface area contributed by atoms with Gasteiger partial charge < -0.3 is 14.8 Å². The highest BCUT2D eigenvalue weighted by Gasteiger charge is 2.43. The van der Waals surface area contributed by atoms with Crippen LogP contribution in [0.15, 0.2) is 22.7 Å². The largest absolute Gasteiger partial charge is 0.486 e. The summed E-state index contributed by atoms with van der Waals surface area (Å²) in [5.74, 6) is 0.718. The molecule has 0 aromatic heterocycles. The molecular weight excluding hydrogens is 354 g/mol. The van der Waals surface area contributed by atoms with E-state index in [2.05, 4.69) is 35.1 Å². The maximum atomic E-state index is 6.19. The molecule has 3 nitrogen and oxygen atoms in total. The van der Waals surface area contributed by atoms with Crippen molar-refractivity contribution in [3.05, 3.63) is 27.7 Å². The van der Waals surface area contributed by atoms with Crippen molar-refractivity contribution in [2.75, 3.05) is 13.2 Å². The van der Waals surface area contributed by atoms with Crippen LogP contribution in [0.1, 0.15) is 33.1 Å². The maximum Gasteiger partial charge on any atom is 0.139 e. The minimum Gasteiger partial charge on any atom is -0.486 e. The Hall–Kier alpha value is -0.290. The second kappa shape index (κ2) is 8.37. The molecule has 118 valence electrons. The smallest absolute Gasteiger partial charge is 0.139 e. The van der Waals surface area contributed by atoms with Gasteiger partial charge in [0.05, 0.1) is 5.02 Å². The number of hydrogen-bond acceptors (Lipinski definition) is 3. The average Bonchev–Trinajstić information content (AvgIpc) is 2.46. The summed E-state index contributed by atoms with van der Waals surface area (Å²) in [6.07, 6.45) is 3.27. The van der Waals surface area contributed by atoms with Gasteiger partial charge in [0.15, 0.2) is 0 Å². The van der Waals surface area contributed by atoms with E-state index in [0.29, 0.717) is 11.1 Å². The number of benzene rings is 1. The van der Waals surface area contributed by atoms with Gasteiger partial charge in [0.25, 0.3) is 0 Å². The SMILES string of the molecule is CCCNC1CC(Oc2cc(Br)ccc2Cl)C1OCCC. The van der Waals surface area contributed by atoms with Crippen molar-refractivity contribution in [1.82, 2.24) is 5.32 Å². The number of hydrogen-bond donors (Lipinski definition) is 1. The van der Waals surface area contributed by atoms with Gasteiger partial charge in [-0.3, -0.25) is 0 Å². The summed E-state index contributed by atoms with van der Waals surface area (Å²) in [7, 11) is 0. The topological polar surface area (TPSA) is 30.5 Å². The van der Waals surface area contributed by atoms with Gasteiger partial charge >= 0.3 is 0 Å². The van der Waals surface area contributed by atoms with Gasteiger partial charge in [-0.15, -0.1) is 0 Å². The second-order valence-electron chi connectivity index (χ2n) is 5.36. The highest BCUT2D eigenvalue weighted by molar-refractivity contribution is 9.10. The van der Waals surface area contributed by atoms with E-state index in [9.17, 15) is 0 Å². The molecule has 21 heavy (non-hydrogen) atoms. The van der Waals surface area contributed by atoms with Crippen LogP contribution in [0, 0.1) is 0 Å². The van der Waals surface area contributed by atoms with Crippen LogP contribution >= 0.6 is 27.5 Å². The number of nitrogens with one attached hydrogen (secondary N) is 1. The lowest BCUT2D eigenvalue weighted by molar-refractivity contribution is -0.107. The lowest BCUT2D eigenvalue weighted by Crippen LogP contribution is -2.61. The summed E-state index contributed by atoms with van der Waals surface area (Å²) in [6, 6.07) is 6.04. The summed E-state index contributed by atoms with van der Waals surface area (Å²) in [4.78, 5) is 0. The molecular formula is C16H23BrClNO2. The van der Waals surface area contributed by atoms with Crippen LogP contribution in [-0.2, 0) is 4.74 Å². The fourth-order valence-corrected chi connectivity index (χ4v) is 2.94. The van der Waals surface area contributed by atoms with Crippen LogP contribution in [0.4, 0.5) is 0 Å². The lowest BCUT2D eigenvalue weighted by atomic mass is 9.85. The predicted molar refractivity (Wildman–Crippen MR) is 90.3 cm³/mol. The first-order valence-electron chi connectivity index (χ1n) is 7.62. The zero-order chi connectivity index (χ0) is 15.2. The Kier molecular flexibility index (Phi) is 6.80. The minimum absolute atomic E-state index is 0.0673. The van der Waals surface area contributed by atoms with E-state index in [0.717, 1.165) is 42.6 Å².